The van der Waals surface area contributed by atoms with Gasteiger partial charge in [-0.25, -0.2) is 0 Å². The van der Waals surface area contributed by atoms with Crippen LogP contribution in [0.4, 0.5) is 0 Å². The van der Waals surface area contributed by atoms with Gasteiger partial charge in [-0.2, -0.15) is 0 Å². The van der Waals surface area contributed by atoms with Crippen LogP contribution in [0.3, 0.4) is 0 Å². The van der Waals surface area contributed by atoms with Crippen LogP contribution in [0, 0.1) is 0 Å². The smallest absolute Gasteiger partial charge is 0.257 e. The molecule has 1 N–H and O–H groups in total. The molecule has 0 radical (unpaired) electrons. The van der Waals surface area contributed by atoms with Gasteiger partial charge in [0.25, 0.3) is 5.91 Å². The summed E-state index contributed by atoms with van der Waals surface area (Å²) >= 11 is 13.3. The van der Waals surface area contributed by atoms with Crippen LogP contribution in [0.5, 0.6) is 5.75 Å². The summed E-state index contributed by atoms with van der Waals surface area (Å²) in [4.78, 5) is 12.8. The number of thioether (sulfide) groups is 1. The Morgan fingerprint density at radius 2 is 1.86 bits per heavy atom. The number of carbonyl (C=O) groups excluding carboxylic acids is 1. The summed E-state index contributed by atoms with van der Waals surface area (Å²) in [5, 5.41) is 4.10. The molecule has 2 aromatic rings. The van der Waals surface area contributed by atoms with Crippen LogP contribution in [-0.2, 0) is 4.79 Å². The molecular weight excluding hydrogens is 341 g/mol. The molecule has 0 aliphatic heterocycles. The van der Waals surface area contributed by atoms with Gasteiger partial charge >= 0.3 is 0 Å². The van der Waals surface area contributed by atoms with Crippen LogP contribution in [0.1, 0.15) is 0 Å². The van der Waals surface area contributed by atoms with E-state index in [1.54, 1.807) is 36.0 Å². The van der Waals surface area contributed by atoms with E-state index in [2.05, 4.69) is 5.32 Å². The average molecular weight is 356 g/mol. The van der Waals surface area contributed by atoms with Gasteiger partial charge in [-0.3, -0.25) is 4.79 Å². The molecule has 0 fully saturated rings. The lowest BCUT2D eigenvalue weighted by molar-refractivity contribution is -0.122. The summed E-state index contributed by atoms with van der Waals surface area (Å²) in [7, 11) is 0. The monoisotopic (exact) mass is 355 g/mol. The Kier molecular flexibility index (Phi) is 6.90. The van der Waals surface area contributed by atoms with Gasteiger partial charge in [0.1, 0.15) is 5.75 Å². The molecule has 0 aliphatic carbocycles. The quantitative estimate of drug-likeness (QED) is 0.594. The maximum atomic E-state index is 11.7. The second kappa shape index (κ2) is 8.93. The Bertz CT molecular complexity index is 620. The summed E-state index contributed by atoms with van der Waals surface area (Å²) in [5.41, 5.74) is 0. The van der Waals surface area contributed by atoms with E-state index in [4.69, 9.17) is 27.9 Å². The van der Waals surface area contributed by atoms with Crippen LogP contribution in [0.2, 0.25) is 10.0 Å². The van der Waals surface area contributed by atoms with E-state index in [0.29, 0.717) is 17.3 Å². The number of benzene rings is 2. The van der Waals surface area contributed by atoms with E-state index in [0.717, 1.165) is 15.7 Å². The van der Waals surface area contributed by atoms with Gasteiger partial charge in [0.05, 0.1) is 0 Å². The maximum absolute atomic E-state index is 11.7. The number of hydrogen-bond donors (Lipinski definition) is 1. The zero-order valence-corrected chi connectivity index (χ0v) is 14.0. The van der Waals surface area contributed by atoms with E-state index in [1.165, 1.54) is 0 Å². The van der Waals surface area contributed by atoms with Crippen molar-refractivity contribution in [3.8, 4) is 5.75 Å². The van der Waals surface area contributed by atoms with Gasteiger partial charge in [-0.15, -0.1) is 11.8 Å². The van der Waals surface area contributed by atoms with Crippen LogP contribution >= 0.6 is 35.0 Å². The molecule has 0 atom stereocenters. The lowest BCUT2D eigenvalue weighted by atomic mass is 10.3. The Hall–Kier alpha value is -1.36. The van der Waals surface area contributed by atoms with Crippen molar-refractivity contribution >= 4 is 40.9 Å². The van der Waals surface area contributed by atoms with Crippen LogP contribution in [0.15, 0.2) is 53.4 Å². The first-order valence-electron chi connectivity index (χ1n) is 6.67. The molecular formula is C16H15Cl2NO2S. The van der Waals surface area contributed by atoms with Crippen molar-refractivity contribution in [3.05, 3.63) is 58.6 Å². The molecule has 0 spiro atoms. The Morgan fingerprint density at radius 1 is 1.09 bits per heavy atom. The normalized spacial score (nSPS) is 10.3. The van der Waals surface area contributed by atoms with Gasteiger partial charge < -0.3 is 10.1 Å². The first kappa shape index (κ1) is 17.0. The number of ether oxygens (including phenoxy) is 1. The molecule has 1 amide bonds. The van der Waals surface area contributed by atoms with Crippen molar-refractivity contribution in [2.75, 3.05) is 18.9 Å². The van der Waals surface area contributed by atoms with E-state index in [-0.39, 0.29) is 12.5 Å². The van der Waals surface area contributed by atoms with Crippen molar-refractivity contribution in [1.29, 1.82) is 0 Å². The SMILES string of the molecule is O=C(COc1cccc(Cl)c1)NCCSc1ccc(Cl)cc1. The van der Waals surface area contributed by atoms with Gasteiger partial charge in [-0.05, 0) is 42.5 Å². The number of amides is 1. The standard InChI is InChI=1S/C16H15Cl2NO2S/c17-12-4-6-15(7-5-12)22-9-8-19-16(20)11-21-14-3-1-2-13(18)10-14/h1-7,10H,8-9,11H2,(H,19,20). The zero-order chi connectivity index (χ0) is 15.8. The third-order valence-electron chi connectivity index (χ3n) is 2.67. The number of carbonyl (C=O) groups is 1. The summed E-state index contributed by atoms with van der Waals surface area (Å²) in [6.07, 6.45) is 0. The lowest BCUT2D eigenvalue weighted by Crippen LogP contribution is -2.30. The average Bonchev–Trinajstić information content (AvgIpc) is 2.51. The topological polar surface area (TPSA) is 38.3 Å². The summed E-state index contributed by atoms with van der Waals surface area (Å²) in [5.74, 6) is 1.21. The predicted molar refractivity (Wildman–Crippen MR) is 92.1 cm³/mol. The summed E-state index contributed by atoms with van der Waals surface area (Å²) < 4.78 is 5.36. The van der Waals surface area contributed by atoms with Gasteiger partial charge in [0, 0.05) is 27.2 Å². The second-order valence-corrected chi connectivity index (χ2v) is 6.44. The minimum absolute atomic E-state index is 0.0219. The number of rotatable bonds is 7. The van der Waals surface area contributed by atoms with Crippen molar-refractivity contribution in [3.63, 3.8) is 0 Å². The van der Waals surface area contributed by atoms with Crippen molar-refractivity contribution in [2.45, 2.75) is 4.90 Å². The van der Waals surface area contributed by atoms with Crippen LogP contribution in [-0.4, -0.2) is 24.8 Å². The van der Waals surface area contributed by atoms with E-state index in [9.17, 15) is 4.79 Å². The second-order valence-electron chi connectivity index (χ2n) is 4.40. The molecule has 2 rings (SSSR count). The van der Waals surface area contributed by atoms with Crippen molar-refractivity contribution < 1.29 is 9.53 Å². The Morgan fingerprint density at radius 3 is 2.59 bits per heavy atom. The molecule has 0 saturated heterocycles. The molecule has 116 valence electrons. The largest absolute Gasteiger partial charge is 0.484 e. The predicted octanol–water partition coefficient (Wildman–Crippen LogP) is 4.28. The molecule has 2 aromatic carbocycles. The van der Waals surface area contributed by atoms with E-state index < -0.39 is 0 Å². The summed E-state index contributed by atoms with van der Waals surface area (Å²) in [6, 6.07) is 14.6. The van der Waals surface area contributed by atoms with Crippen LogP contribution < -0.4 is 10.1 Å². The molecule has 22 heavy (non-hydrogen) atoms. The number of nitrogens with one attached hydrogen (secondary N) is 1. The van der Waals surface area contributed by atoms with Crippen molar-refractivity contribution in [1.82, 2.24) is 5.32 Å². The van der Waals surface area contributed by atoms with Crippen molar-refractivity contribution in [2.24, 2.45) is 0 Å². The molecule has 6 heteroatoms. The van der Waals surface area contributed by atoms with Gasteiger partial charge in [0.2, 0.25) is 0 Å². The van der Waals surface area contributed by atoms with E-state index >= 15 is 0 Å². The highest BCUT2D eigenvalue weighted by atomic mass is 35.5. The van der Waals surface area contributed by atoms with Gasteiger partial charge in [0.15, 0.2) is 6.61 Å². The molecule has 0 bridgehead atoms. The third-order valence-corrected chi connectivity index (χ3v) is 4.17. The zero-order valence-electron chi connectivity index (χ0n) is 11.7. The highest BCUT2D eigenvalue weighted by Gasteiger charge is 2.03. The summed E-state index contributed by atoms with van der Waals surface area (Å²) in [6.45, 7) is 0.553. The molecule has 0 unspecified atom stereocenters. The Labute approximate surface area is 144 Å². The van der Waals surface area contributed by atoms with Gasteiger partial charge in [-0.1, -0.05) is 29.3 Å². The maximum Gasteiger partial charge on any atom is 0.257 e. The highest BCUT2D eigenvalue weighted by Crippen LogP contribution is 2.19. The first-order chi connectivity index (χ1) is 10.6. The minimum Gasteiger partial charge on any atom is -0.484 e. The number of hydrogen-bond acceptors (Lipinski definition) is 3. The fourth-order valence-corrected chi connectivity index (χ4v) is 2.72. The molecule has 0 aromatic heterocycles. The third kappa shape index (κ3) is 6.18. The fourth-order valence-electron chi connectivity index (χ4n) is 1.65. The molecule has 3 nitrogen and oxygen atoms in total. The molecule has 0 aliphatic rings. The van der Waals surface area contributed by atoms with Crippen LogP contribution in [0.25, 0.3) is 0 Å². The number of halogens is 2. The fraction of sp³-hybridized carbons (Fsp3) is 0.188. The minimum atomic E-state index is -0.156. The Balaban J connectivity index is 1.62. The molecule has 0 heterocycles. The highest BCUT2D eigenvalue weighted by molar-refractivity contribution is 7.99. The molecule has 0 saturated carbocycles. The van der Waals surface area contributed by atoms with E-state index in [1.807, 2.05) is 24.3 Å². The first-order valence-corrected chi connectivity index (χ1v) is 8.41. The lowest BCUT2D eigenvalue weighted by Gasteiger charge is -2.07.